The second kappa shape index (κ2) is 7.98. The number of anilines is 2. The Balaban J connectivity index is 1.52. The Hall–Kier alpha value is -4.13. The molecule has 5 nitrogen and oxygen atoms in total. The zero-order chi connectivity index (χ0) is 24.2. The quantitative estimate of drug-likeness (QED) is 0.315. The van der Waals surface area contributed by atoms with Crippen molar-refractivity contribution in [1.82, 2.24) is 0 Å². The van der Waals surface area contributed by atoms with Crippen molar-refractivity contribution in [3.05, 3.63) is 112 Å². The van der Waals surface area contributed by atoms with E-state index >= 15 is 0 Å². The number of nitriles is 1. The highest BCUT2D eigenvalue weighted by atomic mass is 32.2. The Labute approximate surface area is 205 Å². The van der Waals surface area contributed by atoms with Gasteiger partial charge in [-0.15, -0.1) is 0 Å². The molecule has 3 aromatic carbocycles. The summed E-state index contributed by atoms with van der Waals surface area (Å²) < 4.78 is 26.9. The highest BCUT2D eigenvalue weighted by Gasteiger charge is 2.42. The van der Waals surface area contributed by atoms with Crippen molar-refractivity contribution in [3.63, 3.8) is 0 Å². The van der Waals surface area contributed by atoms with Gasteiger partial charge in [-0.1, -0.05) is 48.9 Å². The molecule has 0 amide bonds. The van der Waals surface area contributed by atoms with Gasteiger partial charge < -0.3 is 4.90 Å². The lowest BCUT2D eigenvalue weighted by molar-refractivity contribution is 0.604. The molecule has 3 aromatic rings. The van der Waals surface area contributed by atoms with Crippen molar-refractivity contribution in [2.75, 3.05) is 4.90 Å². The fourth-order valence-corrected chi connectivity index (χ4v) is 7.59. The molecule has 3 aliphatic rings. The molecule has 2 atom stereocenters. The summed E-state index contributed by atoms with van der Waals surface area (Å²) in [4.78, 5) is 5.93. The second-order valence-corrected chi connectivity index (χ2v) is 11.0. The SMILES string of the molecule is [C-]#[N+]C(C#N)=C1C(=Cc2ccc3c(c2)C2CCCC2N3c2ccccc2)S(=O)(=O)c2ccccc21. The number of rotatable bonds is 2. The number of allylic oxidation sites excluding steroid dienone is 2. The molecule has 2 heterocycles. The van der Waals surface area contributed by atoms with Gasteiger partial charge >= 0.3 is 0 Å². The van der Waals surface area contributed by atoms with Crippen molar-refractivity contribution in [2.24, 2.45) is 0 Å². The maximum absolute atomic E-state index is 13.5. The molecule has 35 heavy (non-hydrogen) atoms. The minimum atomic E-state index is -3.85. The van der Waals surface area contributed by atoms with Gasteiger partial charge in [-0.05, 0) is 65.9 Å². The van der Waals surface area contributed by atoms with Crippen LogP contribution < -0.4 is 4.90 Å². The van der Waals surface area contributed by atoms with Crippen LogP contribution in [0.4, 0.5) is 11.4 Å². The standard InChI is InChI=1S/C29H21N3O2S/c1-31-24(18-30)29-22-10-5-6-13-27(22)35(33,34)28(29)17-19-14-15-26-23(16-19)21-11-7-12-25(21)32(26)20-8-3-2-4-9-20/h2-6,8-10,13-17,21,25H,7,11-12H2. The molecule has 0 bridgehead atoms. The molecular formula is C29H21N3O2S. The lowest BCUT2D eigenvalue weighted by Crippen LogP contribution is -2.26. The minimum Gasteiger partial charge on any atom is -0.338 e. The van der Waals surface area contributed by atoms with Gasteiger partial charge in [0.05, 0.1) is 22.4 Å². The van der Waals surface area contributed by atoms with Gasteiger partial charge in [-0.3, -0.25) is 0 Å². The van der Waals surface area contributed by atoms with Crippen LogP contribution in [-0.4, -0.2) is 14.5 Å². The molecule has 1 fully saturated rings. The Morgan fingerprint density at radius 2 is 1.83 bits per heavy atom. The van der Waals surface area contributed by atoms with Crippen molar-refractivity contribution in [2.45, 2.75) is 36.1 Å². The number of para-hydroxylation sites is 1. The van der Waals surface area contributed by atoms with E-state index in [-0.39, 0.29) is 21.1 Å². The minimum absolute atomic E-state index is 0.0204. The number of benzene rings is 3. The van der Waals surface area contributed by atoms with E-state index in [0.717, 1.165) is 24.8 Å². The van der Waals surface area contributed by atoms with Gasteiger partial charge in [0.2, 0.25) is 9.84 Å². The maximum Gasteiger partial charge on any atom is 0.270 e. The van der Waals surface area contributed by atoms with Gasteiger partial charge in [0.25, 0.3) is 5.70 Å². The van der Waals surface area contributed by atoms with Crippen LogP contribution in [0.1, 0.15) is 41.9 Å². The third kappa shape index (κ3) is 3.15. The summed E-state index contributed by atoms with van der Waals surface area (Å²) in [5, 5.41) is 9.58. The second-order valence-electron chi connectivity index (χ2n) is 9.08. The third-order valence-electron chi connectivity index (χ3n) is 7.29. The summed E-state index contributed by atoms with van der Waals surface area (Å²) >= 11 is 0. The van der Waals surface area contributed by atoms with Crippen LogP contribution in [0.5, 0.6) is 0 Å². The van der Waals surface area contributed by atoms with E-state index in [1.807, 2.05) is 18.2 Å². The average molecular weight is 476 g/mol. The number of hydrogen-bond acceptors (Lipinski definition) is 4. The van der Waals surface area contributed by atoms with Gasteiger partial charge in [0.1, 0.15) is 0 Å². The molecule has 2 aliphatic heterocycles. The van der Waals surface area contributed by atoms with Crippen molar-refractivity contribution in [3.8, 4) is 6.07 Å². The highest BCUT2D eigenvalue weighted by molar-refractivity contribution is 7.96. The number of hydrogen-bond donors (Lipinski definition) is 0. The van der Waals surface area contributed by atoms with E-state index in [2.05, 4.69) is 46.1 Å². The molecule has 0 N–H and O–H groups in total. The van der Waals surface area contributed by atoms with Crippen molar-refractivity contribution >= 4 is 32.9 Å². The summed E-state index contributed by atoms with van der Waals surface area (Å²) in [6.45, 7) is 7.47. The van der Waals surface area contributed by atoms with E-state index in [9.17, 15) is 13.7 Å². The van der Waals surface area contributed by atoms with Gasteiger partial charge in [0.15, 0.2) is 0 Å². The molecule has 0 saturated heterocycles. The maximum atomic E-state index is 13.5. The fourth-order valence-electron chi connectivity index (χ4n) is 5.86. The Morgan fingerprint density at radius 3 is 2.60 bits per heavy atom. The van der Waals surface area contributed by atoms with Crippen LogP contribution in [0.2, 0.25) is 0 Å². The van der Waals surface area contributed by atoms with Crippen molar-refractivity contribution < 1.29 is 8.42 Å². The molecule has 0 spiro atoms. The predicted octanol–water partition coefficient (Wildman–Crippen LogP) is 6.46. The average Bonchev–Trinajstić information content (AvgIpc) is 3.53. The molecule has 1 aliphatic carbocycles. The monoisotopic (exact) mass is 475 g/mol. The molecule has 2 unspecified atom stereocenters. The van der Waals surface area contributed by atoms with Crippen LogP contribution in [0, 0.1) is 17.9 Å². The smallest absolute Gasteiger partial charge is 0.270 e. The third-order valence-corrected chi connectivity index (χ3v) is 9.13. The summed E-state index contributed by atoms with van der Waals surface area (Å²) in [7, 11) is -3.85. The highest BCUT2D eigenvalue weighted by Crippen LogP contribution is 2.53. The number of sulfone groups is 1. The van der Waals surface area contributed by atoms with Crippen LogP contribution >= 0.6 is 0 Å². The Kier molecular flexibility index (Phi) is 4.88. The first-order valence-corrected chi connectivity index (χ1v) is 13.1. The summed E-state index contributed by atoms with van der Waals surface area (Å²) in [5.41, 5.74) is 4.73. The van der Waals surface area contributed by atoms with Crippen LogP contribution in [0.25, 0.3) is 16.5 Å². The van der Waals surface area contributed by atoms with E-state index in [0.29, 0.717) is 17.5 Å². The zero-order valence-electron chi connectivity index (χ0n) is 18.8. The first kappa shape index (κ1) is 21.4. The van der Waals surface area contributed by atoms with E-state index in [1.165, 1.54) is 23.0 Å². The van der Waals surface area contributed by atoms with Crippen molar-refractivity contribution in [1.29, 1.82) is 5.26 Å². The first-order chi connectivity index (χ1) is 17.0. The van der Waals surface area contributed by atoms with Gasteiger partial charge in [-0.25, -0.2) is 18.5 Å². The molecule has 6 rings (SSSR count). The predicted molar refractivity (Wildman–Crippen MR) is 136 cm³/mol. The van der Waals surface area contributed by atoms with E-state index < -0.39 is 9.84 Å². The molecule has 0 aromatic heterocycles. The number of nitrogens with zero attached hydrogens (tertiary/aromatic N) is 3. The Bertz CT molecular complexity index is 1610. The topological polar surface area (TPSA) is 65.5 Å². The zero-order valence-corrected chi connectivity index (χ0v) is 19.7. The largest absolute Gasteiger partial charge is 0.338 e. The van der Waals surface area contributed by atoms with Crippen LogP contribution in [0.15, 0.2) is 88.3 Å². The number of fused-ring (bicyclic) bond motifs is 4. The normalized spacial score (nSPS) is 23.8. The molecule has 170 valence electrons. The summed E-state index contributed by atoms with van der Waals surface area (Å²) in [6, 6.07) is 25.4. The van der Waals surface area contributed by atoms with Crippen LogP contribution in [-0.2, 0) is 9.84 Å². The molecule has 6 heteroatoms. The summed E-state index contributed by atoms with van der Waals surface area (Å²) in [5.74, 6) is 0.397. The van der Waals surface area contributed by atoms with Gasteiger partial charge in [-0.2, -0.15) is 0 Å². The van der Waals surface area contributed by atoms with E-state index in [4.69, 9.17) is 6.57 Å². The van der Waals surface area contributed by atoms with E-state index in [1.54, 1.807) is 24.3 Å². The molecular weight excluding hydrogens is 454 g/mol. The lowest BCUT2D eigenvalue weighted by atomic mass is 9.95. The first-order valence-electron chi connectivity index (χ1n) is 11.6. The van der Waals surface area contributed by atoms with Gasteiger partial charge in [0, 0.05) is 28.9 Å². The van der Waals surface area contributed by atoms with Crippen LogP contribution in [0.3, 0.4) is 0 Å². The lowest BCUT2D eigenvalue weighted by Gasteiger charge is -2.27. The molecule has 1 saturated carbocycles. The molecule has 0 radical (unpaired) electrons. The Morgan fingerprint density at radius 1 is 1.06 bits per heavy atom. The summed E-state index contributed by atoms with van der Waals surface area (Å²) in [6.07, 6.45) is 5.02. The fraction of sp³-hybridized carbons (Fsp3) is 0.172.